The number of rotatable bonds is 8. The van der Waals surface area contributed by atoms with Gasteiger partial charge >= 0.3 is 5.97 Å². The van der Waals surface area contributed by atoms with Crippen molar-refractivity contribution < 1.29 is 19.0 Å². The highest BCUT2D eigenvalue weighted by molar-refractivity contribution is 7.07. The number of fused-ring (bicyclic) bond motifs is 2. The Bertz CT molecular complexity index is 1760. The molecule has 0 radical (unpaired) electrons. The quantitative estimate of drug-likeness (QED) is 0.408. The molecule has 3 aromatic rings. The number of aromatic nitrogens is 1. The summed E-state index contributed by atoms with van der Waals surface area (Å²) in [4.78, 5) is 32.7. The third-order valence-corrected chi connectivity index (χ3v) is 7.86. The van der Waals surface area contributed by atoms with Crippen LogP contribution >= 0.6 is 11.3 Å². The van der Waals surface area contributed by atoms with E-state index >= 15 is 0 Å². The number of hydrogen-bond acceptors (Lipinski definition) is 7. The van der Waals surface area contributed by atoms with Crippen LogP contribution in [0.1, 0.15) is 51.6 Å². The average Bonchev–Trinajstić information content (AvgIpc) is 3.25. The van der Waals surface area contributed by atoms with E-state index < -0.39 is 12.0 Å². The molecule has 202 valence electrons. The highest BCUT2D eigenvalue weighted by Crippen LogP contribution is 2.40. The second-order valence-corrected chi connectivity index (χ2v) is 10.4. The number of allylic oxidation sites excluding steroid dienone is 1. The van der Waals surface area contributed by atoms with Gasteiger partial charge in [0.25, 0.3) is 5.56 Å². The minimum atomic E-state index is -0.776. The molecule has 1 atom stereocenters. The highest BCUT2D eigenvalue weighted by atomic mass is 32.1. The Hall–Kier alpha value is -3.91. The van der Waals surface area contributed by atoms with Crippen molar-refractivity contribution >= 4 is 35.0 Å². The molecule has 0 saturated heterocycles. The molecule has 0 fully saturated rings. The van der Waals surface area contributed by atoms with Crippen molar-refractivity contribution in [2.24, 2.45) is 4.99 Å². The van der Waals surface area contributed by atoms with Gasteiger partial charge in [-0.05, 0) is 61.3 Å². The number of thiazole rings is 1. The third-order valence-electron chi connectivity index (χ3n) is 6.88. The smallest absolute Gasteiger partial charge is 0.338 e. The summed E-state index contributed by atoms with van der Waals surface area (Å²) in [6.07, 6.45) is 6.76. The van der Waals surface area contributed by atoms with E-state index in [-0.39, 0.29) is 12.2 Å². The number of para-hydroxylation sites is 1. The van der Waals surface area contributed by atoms with Gasteiger partial charge in [0.15, 0.2) is 16.3 Å². The molecule has 39 heavy (non-hydrogen) atoms. The average molecular weight is 545 g/mol. The molecular weight excluding hydrogens is 512 g/mol. The van der Waals surface area contributed by atoms with E-state index in [1.807, 2.05) is 43.3 Å². The van der Waals surface area contributed by atoms with Crippen molar-refractivity contribution in [3.05, 3.63) is 89.4 Å². The lowest BCUT2D eigenvalue weighted by atomic mass is 9.94. The number of ether oxygens (including phenoxy) is 3. The summed E-state index contributed by atoms with van der Waals surface area (Å²) in [6.45, 7) is 6.23. The fourth-order valence-electron chi connectivity index (χ4n) is 5.15. The number of carbonyl (C=O) groups excluding carboxylic acids is 1. The number of hydrogen-bond donors (Lipinski definition) is 0. The maximum absolute atomic E-state index is 14.1. The molecule has 0 spiro atoms. The van der Waals surface area contributed by atoms with Gasteiger partial charge in [0.1, 0.15) is 6.04 Å². The van der Waals surface area contributed by atoms with Gasteiger partial charge in [0.2, 0.25) is 0 Å². The van der Waals surface area contributed by atoms with Gasteiger partial charge in [-0.3, -0.25) is 9.36 Å². The predicted molar refractivity (Wildman–Crippen MR) is 153 cm³/mol. The predicted octanol–water partition coefficient (Wildman–Crippen LogP) is 2.97. The maximum Gasteiger partial charge on any atom is 0.338 e. The van der Waals surface area contributed by atoms with Crippen molar-refractivity contribution in [1.82, 2.24) is 4.57 Å². The molecule has 1 aliphatic heterocycles. The first-order valence-corrected chi connectivity index (χ1v) is 14.1. The van der Waals surface area contributed by atoms with Crippen LogP contribution < -0.4 is 34.8 Å². The van der Waals surface area contributed by atoms with Crippen molar-refractivity contribution in [1.29, 1.82) is 0 Å². The molecule has 1 aliphatic carbocycles. The summed E-state index contributed by atoms with van der Waals surface area (Å²) in [5.74, 6) is 0.531. The van der Waals surface area contributed by atoms with E-state index in [1.165, 1.54) is 16.6 Å². The number of nitrogens with zero attached hydrogens (tertiary/aromatic N) is 2. The van der Waals surface area contributed by atoms with Crippen LogP contribution in [0.4, 0.5) is 0 Å². The number of esters is 1. The minimum Gasteiger partial charge on any atom is -0.493 e. The summed E-state index contributed by atoms with van der Waals surface area (Å²) >= 11 is 1.33. The van der Waals surface area contributed by atoms with Gasteiger partial charge < -0.3 is 14.2 Å². The van der Waals surface area contributed by atoms with Crippen molar-refractivity contribution in [3.63, 3.8) is 0 Å². The zero-order valence-corrected chi connectivity index (χ0v) is 23.5. The standard InChI is InChI=1S/C31H32N2O5S/c1-5-17-38-28-23(15-10-16-24(28)36-4)27-26(30(35)37-6-2)19(3)32-31-33(27)29(34)25(39-31)18-21-13-9-12-20-11-7-8-14-22(20)21/h7-8,10-12,14-16,18,27H,5-6,9,13,17H2,1-4H3. The summed E-state index contributed by atoms with van der Waals surface area (Å²) in [7, 11) is 1.58. The van der Waals surface area contributed by atoms with Crippen LogP contribution in [0, 0.1) is 0 Å². The van der Waals surface area contributed by atoms with Gasteiger partial charge in [-0.1, -0.05) is 60.7 Å². The van der Waals surface area contributed by atoms with E-state index in [0.717, 1.165) is 30.1 Å². The Balaban J connectivity index is 1.79. The fourth-order valence-corrected chi connectivity index (χ4v) is 6.20. The monoisotopic (exact) mass is 544 g/mol. The van der Waals surface area contributed by atoms with Gasteiger partial charge in [0.05, 0.1) is 36.1 Å². The Morgan fingerprint density at radius 2 is 2.00 bits per heavy atom. The summed E-state index contributed by atoms with van der Waals surface area (Å²) in [5.41, 5.74) is 2.39. The number of carbonyl (C=O) groups is 1. The molecule has 7 nitrogen and oxygen atoms in total. The second kappa shape index (κ2) is 11.5. The SMILES string of the molecule is CCCOc1c(OC)cccc1C1C(C(=O)OCC)=C(C)N=c2sc(=CC3=c4ccccc4=CCC3)c(=O)n21. The summed E-state index contributed by atoms with van der Waals surface area (Å²) < 4.78 is 19.4. The van der Waals surface area contributed by atoms with Crippen LogP contribution in [0.2, 0.25) is 0 Å². The molecule has 0 saturated carbocycles. The normalized spacial score (nSPS) is 16.7. The first kappa shape index (κ1) is 26.7. The van der Waals surface area contributed by atoms with E-state index in [9.17, 15) is 9.59 Å². The largest absolute Gasteiger partial charge is 0.493 e. The lowest BCUT2D eigenvalue weighted by molar-refractivity contribution is -0.139. The van der Waals surface area contributed by atoms with Crippen LogP contribution in [0.15, 0.2) is 63.5 Å². The molecule has 2 aromatic carbocycles. The second-order valence-electron chi connectivity index (χ2n) is 9.38. The highest BCUT2D eigenvalue weighted by Gasteiger charge is 2.36. The van der Waals surface area contributed by atoms with E-state index in [2.05, 4.69) is 18.2 Å². The fraction of sp³-hybridized carbons (Fsp3) is 0.323. The zero-order chi connectivity index (χ0) is 27.5. The molecule has 2 heterocycles. The van der Waals surface area contributed by atoms with Crippen molar-refractivity contribution in [2.45, 2.75) is 46.1 Å². The Labute approximate surface area is 230 Å². The van der Waals surface area contributed by atoms with Gasteiger partial charge in [0, 0.05) is 5.56 Å². The maximum atomic E-state index is 14.1. The van der Waals surface area contributed by atoms with E-state index in [0.29, 0.717) is 44.3 Å². The lowest BCUT2D eigenvalue weighted by Crippen LogP contribution is -2.40. The molecule has 0 bridgehead atoms. The Morgan fingerprint density at radius 1 is 1.18 bits per heavy atom. The molecule has 2 aliphatic rings. The molecule has 1 aromatic heterocycles. The molecule has 5 rings (SSSR count). The van der Waals surface area contributed by atoms with Gasteiger partial charge in [-0.2, -0.15) is 0 Å². The van der Waals surface area contributed by atoms with Crippen LogP contribution in [0.5, 0.6) is 11.5 Å². The first-order valence-electron chi connectivity index (χ1n) is 13.3. The molecule has 8 heteroatoms. The molecule has 1 unspecified atom stereocenters. The minimum absolute atomic E-state index is 0.207. The zero-order valence-electron chi connectivity index (χ0n) is 22.7. The van der Waals surface area contributed by atoms with Crippen molar-refractivity contribution in [3.8, 4) is 11.5 Å². The molecule has 0 amide bonds. The van der Waals surface area contributed by atoms with Crippen molar-refractivity contribution in [2.75, 3.05) is 20.3 Å². The van der Waals surface area contributed by atoms with Crippen LogP contribution in [-0.4, -0.2) is 30.9 Å². The third kappa shape index (κ3) is 4.96. The number of methoxy groups -OCH3 is 1. The number of benzene rings is 2. The molecular formula is C31H32N2O5S. The Morgan fingerprint density at radius 3 is 2.77 bits per heavy atom. The van der Waals surface area contributed by atoms with Crippen LogP contribution in [-0.2, 0) is 9.53 Å². The summed E-state index contributed by atoms with van der Waals surface area (Å²) in [5, 5.41) is 2.31. The summed E-state index contributed by atoms with van der Waals surface area (Å²) in [6, 6.07) is 13.0. The van der Waals surface area contributed by atoms with Crippen LogP contribution in [0.3, 0.4) is 0 Å². The molecule has 0 N–H and O–H groups in total. The van der Waals surface area contributed by atoms with E-state index in [4.69, 9.17) is 19.2 Å². The van der Waals surface area contributed by atoms with Gasteiger partial charge in [-0.25, -0.2) is 9.79 Å². The topological polar surface area (TPSA) is 79.1 Å². The first-order chi connectivity index (χ1) is 19.0. The van der Waals surface area contributed by atoms with Crippen LogP contribution in [0.25, 0.3) is 17.7 Å². The van der Waals surface area contributed by atoms with E-state index in [1.54, 1.807) is 25.5 Å². The van der Waals surface area contributed by atoms with Gasteiger partial charge in [-0.15, -0.1) is 0 Å². The Kier molecular flexibility index (Phi) is 7.84. The lowest BCUT2D eigenvalue weighted by Gasteiger charge is -2.27.